The first-order valence-corrected chi connectivity index (χ1v) is 4.87. The average molecular weight is 224 g/mol. The van der Waals surface area contributed by atoms with Crippen molar-refractivity contribution in [3.63, 3.8) is 0 Å². The lowest BCUT2D eigenvalue weighted by atomic mass is 9.99. The number of hydrogen-bond acceptors (Lipinski definition) is 2. The smallest absolute Gasteiger partial charge is 0.369 e. The molecular formula is C9H15F3N2O. The molecule has 0 bridgehead atoms. The molecular weight excluding hydrogens is 209 g/mol. The Morgan fingerprint density at radius 2 is 2.00 bits per heavy atom. The summed E-state index contributed by atoms with van der Waals surface area (Å²) in [4.78, 5) is 12.2. The fourth-order valence-electron chi connectivity index (χ4n) is 2.11. The Morgan fingerprint density at radius 1 is 1.47 bits per heavy atom. The van der Waals surface area contributed by atoms with Crippen molar-refractivity contribution in [2.45, 2.75) is 38.5 Å². The van der Waals surface area contributed by atoms with Gasteiger partial charge in [0.1, 0.15) is 6.04 Å². The van der Waals surface area contributed by atoms with Crippen molar-refractivity contribution in [3.8, 4) is 0 Å². The lowest BCUT2D eigenvalue weighted by molar-refractivity contribution is -0.190. The molecule has 0 radical (unpaired) electrons. The van der Waals surface area contributed by atoms with Gasteiger partial charge in [0.15, 0.2) is 0 Å². The summed E-state index contributed by atoms with van der Waals surface area (Å²) in [6, 6.07) is -1.95. The molecule has 1 aliphatic rings. The van der Waals surface area contributed by atoms with Crippen LogP contribution in [0.5, 0.6) is 0 Å². The zero-order chi connectivity index (χ0) is 11.8. The van der Waals surface area contributed by atoms with Crippen molar-refractivity contribution in [2.75, 3.05) is 6.54 Å². The number of carbonyl (C=O) groups excluding carboxylic acids is 1. The Labute approximate surface area is 86.4 Å². The molecule has 0 aromatic carbocycles. The fourth-order valence-corrected chi connectivity index (χ4v) is 2.11. The summed E-state index contributed by atoms with van der Waals surface area (Å²) in [5, 5.41) is 0. The first-order chi connectivity index (χ1) is 6.75. The molecule has 6 heteroatoms. The molecule has 1 amide bonds. The van der Waals surface area contributed by atoms with Gasteiger partial charge in [-0.05, 0) is 26.8 Å². The minimum Gasteiger partial charge on any atom is -0.369 e. The zero-order valence-electron chi connectivity index (χ0n) is 8.71. The van der Waals surface area contributed by atoms with Crippen LogP contribution in [0.25, 0.3) is 0 Å². The first-order valence-electron chi connectivity index (χ1n) is 4.87. The summed E-state index contributed by atoms with van der Waals surface area (Å²) in [7, 11) is 0. The Kier molecular flexibility index (Phi) is 3.28. The van der Waals surface area contributed by atoms with Gasteiger partial charge < -0.3 is 5.73 Å². The molecule has 0 saturated carbocycles. The van der Waals surface area contributed by atoms with Gasteiger partial charge in [-0.2, -0.15) is 13.2 Å². The number of carbonyl (C=O) groups is 1. The van der Waals surface area contributed by atoms with Crippen LogP contribution in [-0.4, -0.2) is 35.6 Å². The van der Waals surface area contributed by atoms with Crippen molar-refractivity contribution in [1.29, 1.82) is 0 Å². The van der Waals surface area contributed by atoms with Crippen molar-refractivity contribution in [2.24, 2.45) is 11.7 Å². The van der Waals surface area contributed by atoms with Gasteiger partial charge >= 0.3 is 6.18 Å². The normalized spacial score (nSPS) is 28.7. The molecule has 15 heavy (non-hydrogen) atoms. The number of rotatable bonds is 2. The van der Waals surface area contributed by atoms with E-state index in [4.69, 9.17) is 5.73 Å². The monoisotopic (exact) mass is 224 g/mol. The number of hydrogen-bond donors (Lipinski definition) is 1. The van der Waals surface area contributed by atoms with E-state index in [1.165, 1.54) is 4.90 Å². The molecule has 0 aromatic rings. The molecule has 3 nitrogen and oxygen atoms in total. The van der Waals surface area contributed by atoms with Crippen molar-refractivity contribution in [3.05, 3.63) is 0 Å². The predicted molar refractivity (Wildman–Crippen MR) is 49.0 cm³/mol. The first kappa shape index (κ1) is 12.3. The van der Waals surface area contributed by atoms with Gasteiger partial charge in [-0.3, -0.25) is 9.69 Å². The van der Waals surface area contributed by atoms with Crippen LogP contribution in [0.2, 0.25) is 0 Å². The largest absolute Gasteiger partial charge is 0.404 e. The lowest BCUT2D eigenvalue weighted by Gasteiger charge is -2.31. The second-order valence-corrected chi connectivity index (χ2v) is 4.12. The van der Waals surface area contributed by atoms with Gasteiger partial charge in [0.25, 0.3) is 0 Å². The average Bonchev–Trinajstić information content (AvgIpc) is 2.45. The number of amides is 1. The highest BCUT2D eigenvalue weighted by atomic mass is 19.4. The molecule has 1 saturated heterocycles. The van der Waals surface area contributed by atoms with Gasteiger partial charge in [-0.1, -0.05) is 0 Å². The molecule has 1 aliphatic heterocycles. The summed E-state index contributed by atoms with van der Waals surface area (Å²) < 4.78 is 38.2. The number of nitrogens with two attached hydrogens (primary N) is 1. The highest BCUT2D eigenvalue weighted by Gasteiger charge is 2.53. The summed E-state index contributed by atoms with van der Waals surface area (Å²) in [6.45, 7) is 3.64. The molecule has 2 N–H and O–H groups in total. The number of primary amides is 1. The Balaban J connectivity index is 2.93. The summed E-state index contributed by atoms with van der Waals surface area (Å²) >= 11 is 0. The summed E-state index contributed by atoms with van der Waals surface area (Å²) in [5.41, 5.74) is 4.98. The van der Waals surface area contributed by atoms with E-state index in [9.17, 15) is 18.0 Å². The molecule has 2 unspecified atom stereocenters. The van der Waals surface area contributed by atoms with E-state index in [1.807, 2.05) is 0 Å². The predicted octanol–water partition coefficient (Wildman–Crippen LogP) is 1.13. The second kappa shape index (κ2) is 4.00. The zero-order valence-corrected chi connectivity index (χ0v) is 8.71. The van der Waals surface area contributed by atoms with E-state index >= 15 is 0 Å². The minimum absolute atomic E-state index is 0.192. The lowest BCUT2D eigenvalue weighted by Crippen LogP contribution is -2.50. The fraction of sp³-hybridized carbons (Fsp3) is 0.889. The van der Waals surface area contributed by atoms with Gasteiger partial charge in [0, 0.05) is 6.04 Å². The topological polar surface area (TPSA) is 46.3 Å². The van der Waals surface area contributed by atoms with Crippen LogP contribution in [0.15, 0.2) is 0 Å². The van der Waals surface area contributed by atoms with Crippen LogP contribution in [0.1, 0.15) is 20.3 Å². The van der Waals surface area contributed by atoms with Crippen molar-refractivity contribution in [1.82, 2.24) is 4.90 Å². The quantitative estimate of drug-likeness (QED) is 0.764. The Hall–Kier alpha value is -0.780. The molecule has 1 fully saturated rings. The molecule has 2 atom stereocenters. The maximum absolute atomic E-state index is 12.7. The van der Waals surface area contributed by atoms with Crippen LogP contribution >= 0.6 is 0 Å². The molecule has 88 valence electrons. The highest BCUT2D eigenvalue weighted by molar-refractivity contribution is 5.78. The molecule has 0 aromatic heterocycles. The third-order valence-corrected chi connectivity index (χ3v) is 2.80. The Morgan fingerprint density at radius 3 is 2.33 bits per heavy atom. The Bertz CT molecular complexity index is 252. The number of likely N-dealkylation sites (tertiary alicyclic amines) is 1. The van der Waals surface area contributed by atoms with Gasteiger partial charge in [0.05, 0.1) is 5.92 Å². The minimum atomic E-state index is -4.39. The maximum Gasteiger partial charge on any atom is 0.404 e. The van der Waals surface area contributed by atoms with Crippen LogP contribution in [0.4, 0.5) is 13.2 Å². The van der Waals surface area contributed by atoms with Gasteiger partial charge in [0.2, 0.25) is 5.91 Å². The molecule has 0 spiro atoms. The van der Waals surface area contributed by atoms with E-state index in [-0.39, 0.29) is 19.0 Å². The summed E-state index contributed by atoms with van der Waals surface area (Å²) in [5.74, 6) is -1.96. The van der Waals surface area contributed by atoms with E-state index in [0.717, 1.165) is 0 Å². The highest BCUT2D eigenvalue weighted by Crippen LogP contribution is 2.37. The van der Waals surface area contributed by atoms with Crippen molar-refractivity contribution >= 4 is 5.91 Å². The van der Waals surface area contributed by atoms with E-state index in [1.54, 1.807) is 13.8 Å². The van der Waals surface area contributed by atoms with Gasteiger partial charge in [-0.15, -0.1) is 0 Å². The van der Waals surface area contributed by atoms with Crippen LogP contribution in [-0.2, 0) is 4.79 Å². The van der Waals surface area contributed by atoms with Crippen LogP contribution in [0.3, 0.4) is 0 Å². The number of nitrogens with zero attached hydrogens (tertiary/aromatic N) is 1. The van der Waals surface area contributed by atoms with E-state index < -0.39 is 24.0 Å². The SMILES string of the molecule is CC(C)N1CCC(C(N)=O)C1C(F)(F)F. The van der Waals surface area contributed by atoms with Crippen LogP contribution in [0, 0.1) is 5.92 Å². The standard InChI is InChI=1S/C9H15F3N2O/c1-5(2)14-4-3-6(8(13)15)7(14)9(10,11)12/h5-7H,3-4H2,1-2H3,(H2,13,15). The third kappa shape index (κ3) is 2.42. The van der Waals surface area contributed by atoms with E-state index in [0.29, 0.717) is 0 Å². The van der Waals surface area contributed by atoms with Crippen LogP contribution < -0.4 is 5.73 Å². The molecule has 1 rings (SSSR count). The second-order valence-electron chi connectivity index (χ2n) is 4.12. The third-order valence-electron chi connectivity index (χ3n) is 2.80. The van der Waals surface area contributed by atoms with E-state index in [2.05, 4.69) is 0 Å². The van der Waals surface area contributed by atoms with Crippen molar-refractivity contribution < 1.29 is 18.0 Å². The maximum atomic E-state index is 12.7. The van der Waals surface area contributed by atoms with Gasteiger partial charge in [-0.25, -0.2) is 0 Å². The number of alkyl halides is 3. The summed E-state index contributed by atoms with van der Waals surface area (Å²) in [6.07, 6.45) is -4.20. The molecule has 1 heterocycles. The molecule has 0 aliphatic carbocycles. The number of halogens is 3.